The van der Waals surface area contributed by atoms with Crippen molar-refractivity contribution < 1.29 is 4.74 Å². The molecule has 5 rings (SSSR count). The van der Waals surface area contributed by atoms with E-state index in [4.69, 9.17) is 9.72 Å². The summed E-state index contributed by atoms with van der Waals surface area (Å²) in [6.45, 7) is 12.7. The molecule has 2 N–H and O–H groups in total. The van der Waals surface area contributed by atoms with Gasteiger partial charge in [-0.1, -0.05) is 27.5 Å². The Bertz CT molecular complexity index is 1570. The lowest BCUT2D eigenvalue weighted by Crippen LogP contribution is -2.42. The van der Waals surface area contributed by atoms with Gasteiger partial charge in [-0.15, -0.1) is 0 Å². The van der Waals surface area contributed by atoms with Crippen LogP contribution >= 0.6 is 7.92 Å². The van der Waals surface area contributed by atoms with Crippen molar-refractivity contribution in [3.8, 4) is 5.75 Å². The normalized spacial score (nSPS) is 14.0. The van der Waals surface area contributed by atoms with Crippen LogP contribution in [-0.2, 0) is 6.42 Å². The van der Waals surface area contributed by atoms with Gasteiger partial charge in [-0.25, -0.2) is 4.98 Å². The number of benzene rings is 2. The van der Waals surface area contributed by atoms with Crippen LogP contribution in [0.15, 0.2) is 49.4 Å². The van der Waals surface area contributed by atoms with Crippen molar-refractivity contribution in [1.29, 1.82) is 0 Å². The van der Waals surface area contributed by atoms with Gasteiger partial charge in [0.2, 0.25) is 5.95 Å². The zero-order valence-electron chi connectivity index (χ0n) is 25.5. The van der Waals surface area contributed by atoms with Crippen LogP contribution in [0.25, 0.3) is 17.1 Å². The Morgan fingerprint density at radius 3 is 2.50 bits per heavy atom. The zero-order valence-corrected chi connectivity index (χ0v) is 26.4. The molecule has 1 aliphatic heterocycles. The molecule has 0 atom stereocenters. The highest BCUT2D eigenvalue weighted by Crippen LogP contribution is 2.37. The molecule has 4 aromatic rings. The Labute approximate surface area is 250 Å². The van der Waals surface area contributed by atoms with Crippen molar-refractivity contribution in [3.05, 3.63) is 60.6 Å². The second-order valence-corrected chi connectivity index (χ2v) is 13.2. The first-order valence-electron chi connectivity index (χ1n) is 14.4. The van der Waals surface area contributed by atoms with Gasteiger partial charge in [0.15, 0.2) is 0 Å². The van der Waals surface area contributed by atoms with E-state index >= 15 is 0 Å². The van der Waals surface area contributed by atoms with E-state index in [1.165, 1.54) is 11.3 Å². The second-order valence-electron chi connectivity index (χ2n) is 10.9. The van der Waals surface area contributed by atoms with Crippen LogP contribution in [0.2, 0.25) is 0 Å². The number of hydrogen-bond donors (Lipinski definition) is 2. The first-order valence-corrected chi connectivity index (χ1v) is 16.6. The molecule has 0 unspecified atom stereocenters. The first-order chi connectivity index (χ1) is 20.3. The number of ether oxygens (including phenoxy) is 1. The van der Waals surface area contributed by atoms with Gasteiger partial charge in [-0.2, -0.15) is 4.98 Å². The number of nitrogens with zero attached hydrogens (tertiary/aromatic N) is 6. The minimum atomic E-state index is -0.474. The van der Waals surface area contributed by atoms with Crippen LogP contribution in [0.3, 0.4) is 0 Å². The number of aryl methyl sites for hydroxylation is 1. The number of nitrogens with one attached hydrogen (secondary N) is 2. The highest BCUT2D eigenvalue weighted by Gasteiger charge is 2.24. The number of aromatic nitrogens is 4. The van der Waals surface area contributed by atoms with E-state index in [0.717, 1.165) is 71.4 Å². The van der Waals surface area contributed by atoms with Crippen molar-refractivity contribution in [2.24, 2.45) is 0 Å². The smallest absolute Gasteiger partial charge is 0.229 e. The van der Waals surface area contributed by atoms with Crippen LogP contribution in [-0.4, -0.2) is 78.5 Å². The molecule has 9 nitrogen and oxygen atoms in total. The Morgan fingerprint density at radius 1 is 1.07 bits per heavy atom. The molecule has 2 aromatic carbocycles. The Balaban J connectivity index is 1.45. The molecule has 10 heteroatoms. The highest BCUT2D eigenvalue weighted by molar-refractivity contribution is 7.65. The van der Waals surface area contributed by atoms with Crippen molar-refractivity contribution >= 4 is 59.2 Å². The van der Waals surface area contributed by atoms with Crippen molar-refractivity contribution in [2.75, 3.05) is 63.2 Å². The molecule has 0 radical (unpaired) electrons. The van der Waals surface area contributed by atoms with Gasteiger partial charge in [-0.3, -0.25) is 9.97 Å². The maximum atomic E-state index is 5.87. The molecule has 2 aromatic heterocycles. The topological polar surface area (TPSA) is 91.3 Å². The first kappa shape index (κ1) is 29.7. The predicted molar refractivity (Wildman–Crippen MR) is 178 cm³/mol. The summed E-state index contributed by atoms with van der Waals surface area (Å²) in [4.78, 5) is 23.4. The van der Waals surface area contributed by atoms with Crippen LogP contribution in [0, 0.1) is 0 Å². The summed E-state index contributed by atoms with van der Waals surface area (Å²) < 4.78 is 5.87. The largest absolute Gasteiger partial charge is 0.494 e. The van der Waals surface area contributed by atoms with Gasteiger partial charge in [-0.05, 0) is 70.5 Å². The molecule has 0 saturated carbocycles. The van der Waals surface area contributed by atoms with Crippen molar-refractivity contribution in [3.63, 3.8) is 0 Å². The number of anilines is 5. The van der Waals surface area contributed by atoms with Crippen LogP contribution in [0.5, 0.6) is 5.75 Å². The maximum Gasteiger partial charge on any atom is 0.229 e. The summed E-state index contributed by atoms with van der Waals surface area (Å²) in [7, 11) is 5.58. The summed E-state index contributed by atoms with van der Waals surface area (Å²) in [5.41, 5.74) is 6.90. The summed E-state index contributed by atoms with van der Waals surface area (Å²) >= 11 is 0. The van der Waals surface area contributed by atoms with Crippen LogP contribution in [0.1, 0.15) is 30.9 Å². The van der Waals surface area contributed by atoms with Gasteiger partial charge >= 0.3 is 0 Å². The van der Waals surface area contributed by atoms with E-state index in [1.54, 1.807) is 31.8 Å². The molecule has 0 bridgehead atoms. The fraction of sp³-hybridized carbons (Fsp3) is 0.375. The Hall–Kier alpha value is -3.81. The Kier molecular flexibility index (Phi) is 9.19. The van der Waals surface area contributed by atoms with Crippen molar-refractivity contribution in [2.45, 2.75) is 32.2 Å². The fourth-order valence-corrected chi connectivity index (χ4v) is 6.81. The number of methoxy groups -OCH3 is 1. The summed E-state index contributed by atoms with van der Waals surface area (Å²) in [5, 5.41) is 8.13. The Morgan fingerprint density at radius 2 is 1.83 bits per heavy atom. The predicted octanol–water partition coefficient (Wildman–Crippen LogP) is 6.02. The zero-order chi connectivity index (χ0) is 29.8. The average Bonchev–Trinajstić information content (AvgIpc) is 3.00. The number of rotatable bonds is 10. The molecule has 42 heavy (non-hydrogen) atoms. The van der Waals surface area contributed by atoms with E-state index in [2.05, 4.69) is 88.4 Å². The minimum absolute atomic E-state index is 0.473. The standard InChI is InChI=1S/C32H41N8OP/c1-8-21-18-26(28(41-5)19-27(21)40-16-12-23(13-17-40)39(3)4)37-32-35-20-22(9-2)31(38-32)36-25-11-10-24-29(30(25)42(6)7)34-15-14-33-24/h9-11,14-15,18-20,23H,2,8,12-13,16-17H2,1,3-7H3,(H2,35,36,37,38). The van der Waals surface area contributed by atoms with Gasteiger partial charge in [0.25, 0.3) is 0 Å². The molecule has 0 amide bonds. The highest BCUT2D eigenvalue weighted by atomic mass is 31.1. The number of piperidine rings is 1. The molecule has 0 aliphatic carbocycles. The fourth-order valence-electron chi connectivity index (χ4n) is 5.61. The van der Waals surface area contributed by atoms with Gasteiger partial charge in [0, 0.05) is 66.0 Å². The molecule has 1 saturated heterocycles. The minimum Gasteiger partial charge on any atom is -0.494 e. The second kappa shape index (κ2) is 13.0. The van der Waals surface area contributed by atoms with E-state index in [-0.39, 0.29) is 0 Å². The third-order valence-corrected chi connectivity index (χ3v) is 9.26. The molecule has 1 aliphatic rings. The van der Waals surface area contributed by atoms with E-state index in [1.807, 2.05) is 12.1 Å². The van der Waals surface area contributed by atoms with Crippen LogP contribution in [0.4, 0.5) is 28.8 Å². The third kappa shape index (κ3) is 6.18. The maximum absolute atomic E-state index is 5.87. The van der Waals surface area contributed by atoms with Gasteiger partial charge in [0.1, 0.15) is 11.6 Å². The molecule has 0 spiro atoms. The molecular formula is C32H41N8OP. The van der Waals surface area contributed by atoms with Crippen molar-refractivity contribution in [1.82, 2.24) is 24.8 Å². The summed E-state index contributed by atoms with van der Waals surface area (Å²) in [5.74, 6) is 1.90. The molecule has 1 fully saturated rings. The third-order valence-electron chi connectivity index (χ3n) is 7.91. The average molecular weight is 585 g/mol. The molecule has 3 heterocycles. The van der Waals surface area contributed by atoms with Gasteiger partial charge in [0.05, 0.1) is 23.8 Å². The van der Waals surface area contributed by atoms with Crippen LogP contribution < -0.4 is 25.6 Å². The SMILES string of the molecule is C=Cc1cnc(Nc2cc(CC)c(N3CCC(N(C)C)CC3)cc2OC)nc1Nc1ccc2nccnc2c1P(C)C. The summed E-state index contributed by atoms with van der Waals surface area (Å²) in [6.07, 6.45) is 10.2. The monoisotopic (exact) mass is 584 g/mol. The van der Waals surface area contributed by atoms with E-state index in [9.17, 15) is 0 Å². The lowest BCUT2D eigenvalue weighted by atomic mass is 10.0. The number of fused-ring (bicyclic) bond motifs is 1. The lowest BCUT2D eigenvalue weighted by Gasteiger charge is -2.37. The molecular weight excluding hydrogens is 543 g/mol. The molecule has 220 valence electrons. The van der Waals surface area contributed by atoms with E-state index < -0.39 is 7.92 Å². The number of hydrogen-bond acceptors (Lipinski definition) is 9. The summed E-state index contributed by atoms with van der Waals surface area (Å²) in [6, 6.07) is 9.00. The lowest BCUT2D eigenvalue weighted by molar-refractivity contribution is 0.249. The quantitative estimate of drug-likeness (QED) is 0.217. The van der Waals surface area contributed by atoms with E-state index in [0.29, 0.717) is 17.8 Å². The van der Waals surface area contributed by atoms with Gasteiger partial charge < -0.3 is 25.2 Å².